The molecule has 0 aromatic rings. The van der Waals surface area contributed by atoms with Crippen LogP contribution >= 0.6 is 16.5 Å². The lowest BCUT2D eigenvalue weighted by molar-refractivity contribution is -0.151. The molecule has 0 saturated carbocycles. The van der Waals surface area contributed by atoms with E-state index in [9.17, 15) is 42.7 Å². The molecular formula is C83H160N4O17P2. The van der Waals surface area contributed by atoms with Gasteiger partial charge in [-0.05, 0) is 51.4 Å². The summed E-state index contributed by atoms with van der Waals surface area (Å²) in [5.41, 5.74) is 0. The van der Waals surface area contributed by atoms with Gasteiger partial charge in [-0.25, -0.2) is 4.79 Å². The summed E-state index contributed by atoms with van der Waals surface area (Å²) < 4.78 is 72.2. The van der Waals surface area contributed by atoms with E-state index in [2.05, 4.69) is 62.8 Å². The summed E-state index contributed by atoms with van der Waals surface area (Å²) in [5.74, 6) is -1.69. The second-order valence-corrected chi connectivity index (χ2v) is 31.8. The minimum atomic E-state index is -3.13. The lowest BCUT2D eigenvalue weighted by Crippen LogP contribution is -2.42. The summed E-state index contributed by atoms with van der Waals surface area (Å²) in [7, 11) is -6.26. The van der Waals surface area contributed by atoms with E-state index in [1.165, 1.54) is 141 Å². The van der Waals surface area contributed by atoms with Crippen LogP contribution in [0.25, 0.3) is 0 Å². The SMILES string of the molecule is CCCCCCCCCCCC(=O)CC(=O)NC(COCCC(CCCCCCC)OC(=O)CCCCCCCCCCC)CO[PH](=O)OCCNC(=O)NCCO[PH](=O)OCC(COCCC(CCCCCCC)OC(=O)CCCCCCCCCCC)NC(=O)CC(=O)CCCCCCCCCCC. The fourth-order valence-corrected chi connectivity index (χ4v) is 14.1. The van der Waals surface area contributed by atoms with Crippen LogP contribution in [0.15, 0.2) is 0 Å². The van der Waals surface area contributed by atoms with E-state index < -0.39 is 46.4 Å². The number of carbonyl (C=O) groups is 7. The molecule has 0 aromatic carbocycles. The van der Waals surface area contributed by atoms with Crippen molar-refractivity contribution in [3.05, 3.63) is 0 Å². The molecule has 0 aliphatic carbocycles. The predicted molar refractivity (Wildman–Crippen MR) is 431 cm³/mol. The molecule has 624 valence electrons. The van der Waals surface area contributed by atoms with E-state index >= 15 is 0 Å². The van der Waals surface area contributed by atoms with Gasteiger partial charge in [0.25, 0.3) is 0 Å². The molecule has 0 aromatic heterocycles. The summed E-state index contributed by atoms with van der Waals surface area (Å²) in [4.78, 5) is 91.1. The molecule has 4 N–H and O–H groups in total. The maximum absolute atomic E-state index is 13.3. The average molecular weight is 1550 g/mol. The van der Waals surface area contributed by atoms with Gasteiger partial charge >= 0.3 is 34.5 Å². The quantitative estimate of drug-likeness (QED) is 0.0191. The molecule has 0 fully saturated rings. The van der Waals surface area contributed by atoms with Crippen LogP contribution in [-0.2, 0) is 74.9 Å². The van der Waals surface area contributed by atoms with Gasteiger partial charge < -0.3 is 58.3 Å². The Hall–Kier alpha value is -3.29. The monoisotopic (exact) mass is 1550 g/mol. The highest BCUT2D eigenvalue weighted by atomic mass is 31.1. The number of Topliss-reactive ketones (excluding diaryl/α,β-unsaturated/α-hetero) is 2. The number of hydrogen-bond acceptors (Lipinski definition) is 17. The number of hydrogen-bond donors (Lipinski definition) is 4. The standard InChI is InChI=1S/C83H160N4O17P2/c1-7-13-19-25-29-33-37-43-47-53-75(88)67-79(90)86-73(69-97-63-59-77(55-49-41-23-17-11-5)103-81(92)57-51-45-39-35-31-27-21-15-9-3)71-101-105(95)99-65-61-84-83(94)85-62-66-100-106(96)102-72-74(87-80(91)68-76(89)54-48-44-38-34-30-26-20-14-8-2)70-98-64-60-78(56-50-42-24-18-12-6)104-82(93)58-52-46-40-36-32-28-22-16-10-4/h73-74,77-78,105-106H,7-72H2,1-6H3,(H,86,90)(H,87,91)(H2,84,85,94). The van der Waals surface area contributed by atoms with Gasteiger partial charge in [-0.15, -0.1) is 0 Å². The van der Waals surface area contributed by atoms with Crippen molar-refractivity contribution in [3.63, 3.8) is 0 Å². The fraction of sp³-hybridized carbons (Fsp3) is 0.916. The van der Waals surface area contributed by atoms with E-state index in [0.717, 1.165) is 167 Å². The van der Waals surface area contributed by atoms with Gasteiger partial charge in [0.15, 0.2) is 0 Å². The van der Waals surface area contributed by atoms with Crippen molar-refractivity contribution in [3.8, 4) is 0 Å². The first-order valence-electron chi connectivity index (χ1n) is 43.5. The number of nitrogens with one attached hydrogen (secondary N) is 4. The molecule has 6 unspecified atom stereocenters. The Morgan fingerprint density at radius 2 is 0.557 bits per heavy atom. The Morgan fingerprint density at radius 3 is 0.849 bits per heavy atom. The molecule has 6 atom stereocenters. The number of rotatable bonds is 84. The number of ketones is 2. The van der Waals surface area contributed by atoms with Gasteiger partial charge in [0, 0.05) is 51.6 Å². The zero-order valence-electron chi connectivity index (χ0n) is 68.4. The minimum absolute atomic E-state index is 0.0206. The lowest BCUT2D eigenvalue weighted by Gasteiger charge is -2.21. The summed E-state index contributed by atoms with van der Waals surface area (Å²) >= 11 is 0. The molecule has 0 aliphatic rings. The molecule has 0 heterocycles. The van der Waals surface area contributed by atoms with Crippen molar-refractivity contribution in [2.75, 3.05) is 65.9 Å². The number of amides is 4. The maximum Gasteiger partial charge on any atom is 0.319 e. The summed E-state index contributed by atoms with van der Waals surface area (Å²) in [6.07, 6.45) is 54.2. The van der Waals surface area contributed by atoms with Crippen LogP contribution in [0.1, 0.15) is 401 Å². The van der Waals surface area contributed by atoms with E-state index in [-0.39, 0.29) is 114 Å². The highest BCUT2D eigenvalue weighted by Gasteiger charge is 2.22. The lowest BCUT2D eigenvalue weighted by atomic mass is 10.0. The first-order valence-corrected chi connectivity index (χ1v) is 45.9. The van der Waals surface area contributed by atoms with Gasteiger partial charge in [0.1, 0.15) is 23.8 Å². The van der Waals surface area contributed by atoms with Crippen LogP contribution < -0.4 is 21.3 Å². The van der Waals surface area contributed by atoms with Crippen LogP contribution in [-0.4, -0.2) is 132 Å². The zero-order chi connectivity index (χ0) is 77.7. The highest BCUT2D eigenvalue weighted by molar-refractivity contribution is 7.33. The average Bonchev–Trinajstić information content (AvgIpc) is 0.961. The molecule has 4 amide bonds. The number of urea groups is 1. The second kappa shape index (κ2) is 79.8. The van der Waals surface area contributed by atoms with Gasteiger partial charge in [-0.3, -0.25) is 37.9 Å². The topological polar surface area (TPSA) is 276 Å². The van der Waals surface area contributed by atoms with Crippen molar-refractivity contribution in [1.29, 1.82) is 0 Å². The van der Waals surface area contributed by atoms with E-state index in [4.69, 9.17) is 37.0 Å². The molecule has 23 heteroatoms. The molecule has 21 nitrogen and oxygen atoms in total. The smallest absolute Gasteiger partial charge is 0.319 e. The third kappa shape index (κ3) is 73.5. The highest BCUT2D eigenvalue weighted by Crippen LogP contribution is 2.26. The summed E-state index contributed by atoms with van der Waals surface area (Å²) in [6.45, 7) is 12.7. The van der Waals surface area contributed by atoms with Gasteiger partial charge in [0.05, 0.1) is 77.8 Å². The third-order valence-corrected chi connectivity index (χ3v) is 20.9. The molecule has 0 rings (SSSR count). The maximum atomic E-state index is 13.3. The molecule has 0 bridgehead atoms. The van der Waals surface area contributed by atoms with Gasteiger partial charge in [0.2, 0.25) is 11.8 Å². The Morgan fingerprint density at radius 1 is 0.292 bits per heavy atom. The molecule has 0 aliphatic heterocycles. The zero-order valence-corrected chi connectivity index (χ0v) is 70.4. The van der Waals surface area contributed by atoms with E-state index in [1.807, 2.05) is 0 Å². The van der Waals surface area contributed by atoms with Crippen molar-refractivity contribution in [2.24, 2.45) is 0 Å². The van der Waals surface area contributed by atoms with Crippen molar-refractivity contribution in [1.82, 2.24) is 21.3 Å². The Bertz CT molecular complexity index is 1990. The number of esters is 2. The number of unbranched alkanes of at least 4 members (excludes halogenated alkanes) is 40. The predicted octanol–water partition coefficient (Wildman–Crippen LogP) is 21.1. The van der Waals surface area contributed by atoms with E-state index in [1.54, 1.807) is 0 Å². The first-order chi connectivity index (χ1) is 51.7. The Labute approximate surface area is 647 Å². The second-order valence-electron chi connectivity index (χ2n) is 29.6. The number of carbonyl (C=O) groups excluding carboxylic acids is 7. The Kier molecular flexibility index (Phi) is 77.3. The van der Waals surface area contributed by atoms with E-state index in [0.29, 0.717) is 38.5 Å². The van der Waals surface area contributed by atoms with Gasteiger partial charge in [-0.2, -0.15) is 0 Å². The largest absolute Gasteiger partial charge is 0.462 e. The summed E-state index contributed by atoms with van der Waals surface area (Å²) in [5, 5.41) is 10.9. The molecule has 0 radical (unpaired) electrons. The van der Waals surface area contributed by atoms with Crippen LogP contribution in [0.5, 0.6) is 0 Å². The Balaban J connectivity index is 5.52. The van der Waals surface area contributed by atoms with Crippen LogP contribution in [0.2, 0.25) is 0 Å². The number of ether oxygens (including phenoxy) is 4. The minimum Gasteiger partial charge on any atom is -0.462 e. The van der Waals surface area contributed by atoms with Crippen molar-refractivity contribution >= 4 is 57.9 Å². The normalized spacial score (nSPS) is 13.2. The fourth-order valence-electron chi connectivity index (χ4n) is 12.7. The van der Waals surface area contributed by atoms with Crippen LogP contribution in [0.4, 0.5) is 4.79 Å². The van der Waals surface area contributed by atoms with Gasteiger partial charge in [-0.1, -0.05) is 298 Å². The summed E-state index contributed by atoms with van der Waals surface area (Å²) in [6, 6.07) is -2.16. The molecule has 0 spiro atoms. The molecular weight excluding hydrogens is 1390 g/mol. The van der Waals surface area contributed by atoms with Crippen LogP contribution in [0, 0.1) is 0 Å². The van der Waals surface area contributed by atoms with Crippen molar-refractivity contribution < 1.29 is 79.7 Å². The first kappa shape index (κ1) is 103. The van der Waals surface area contributed by atoms with Crippen molar-refractivity contribution in [2.45, 2.75) is 425 Å². The third-order valence-electron chi connectivity index (χ3n) is 19.2. The molecule has 106 heavy (non-hydrogen) atoms. The van der Waals surface area contributed by atoms with Crippen LogP contribution in [0.3, 0.4) is 0 Å². The molecule has 0 saturated heterocycles.